The molecule has 0 bridgehead atoms. The highest BCUT2D eigenvalue weighted by molar-refractivity contribution is 7.92. The minimum absolute atomic E-state index is 0.0612. The van der Waals surface area contributed by atoms with Gasteiger partial charge in [-0.25, -0.2) is 13.5 Å². The molecule has 2 atom stereocenters. The zero-order valence-corrected chi connectivity index (χ0v) is 14.5. The van der Waals surface area contributed by atoms with E-state index in [0.29, 0.717) is 5.56 Å². The van der Waals surface area contributed by atoms with Gasteiger partial charge in [0.15, 0.2) is 14.7 Å². The molecule has 1 amide bonds. The van der Waals surface area contributed by atoms with Crippen LogP contribution in [0.1, 0.15) is 19.4 Å². The number of benzene rings is 1. The van der Waals surface area contributed by atoms with Crippen molar-refractivity contribution in [1.29, 1.82) is 0 Å². The third-order valence-corrected chi connectivity index (χ3v) is 6.79. The van der Waals surface area contributed by atoms with Gasteiger partial charge < -0.3 is 4.74 Å². The summed E-state index contributed by atoms with van der Waals surface area (Å²) in [6.45, 7) is 2.72. The second-order valence-corrected chi connectivity index (χ2v) is 8.02. The Kier molecular flexibility index (Phi) is 5.22. The van der Waals surface area contributed by atoms with E-state index >= 15 is 0 Å². The van der Waals surface area contributed by atoms with Crippen molar-refractivity contribution in [1.82, 2.24) is 10.0 Å². The molecule has 2 aromatic rings. The molecule has 0 saturated carbocycles. The highest BCUT2D eigenvalue weighted by Crippen LogP contribution is 2.29. The van der Waals surface area contributed by atoms with Gasteiger partial charge in [0.05, 0.1) is 17.4 Å². The van der Waals surface area contributed by atoms with E-state index in [1.54, 1.807) is 6.07 Å². The molecule has 24 heavy (non-hydrogen) atoms. The number of carbonyl (C=O) groups excluding carboxylic acids is 1. The molecule has 0 aliphatic carbocycles. The number of hydroxylamine groups is 2. The van der Waals surface area contributed by atoms with E-state index in [0.717, 1.165) is 10.9 Å². The highest BCUT2D eigenvalue weighted by atomic mass is 32.2. The van der Waals surface area contributed by atoms with Crippen LogP contribution in [0.5, 0.6) is 0 Å². The number of amides is 1. The quantitative estimate of drug-likeness (QED) is 0.463. The van der Waals surface area contributed by atoms with Crippen LogP contribution in [0, 0.1) is 0 Å². The number of aromatic nitrogens is 1. The van der Waals surface area contributed by atoms with E-state index in [1.807, 2.05) is 24.3 Å². The number of nitrogens with zero attached hydrogens (tertiary/aromatic N) is 2. The molecule has 0 fully saturated rings. The van der Waals surface area contributed by atoms with Crippen molar-refractivity contribution in [2.45, 2.75) is 30.6 Å². The molecule has 1 heterocycles. The largest absolute Gasteiger partial charge is 0.378 e. The summed E-state index contributed by atoms with van der Waals surface area (Å²) in [7, 11) is -2.67. The number of para-hydroxylation sites is 1. The lowest BCUT2D eigenvalue weighted by molar-refractivity contribution is -0.177. The lowest BCUT2D eigenvalue weighted by Gasteiger charge is -2.37. The first kappa shape index (κ1) is 18.3. The Morgan fingerprint density at radius 3 is 2.71 bits per heavy atom. The Balaban J connectivity index is 2.44. The first-order valence-corrected chi connectivity index (χ1v) is 8.93. The van der Waals surface area contributed by atoms with Gasteiger partial charge in [0.1, 0.15) is 0 Å². The summed E-state index contributed by atoms with van der Waals surface area (Å²) in [6, 6.07) is 9.06. The molecule has 7 nitrogen and oxygen atoms in total. The second-order valence-electron chi connectivity index (χ2n) is 5.68. The van der Waals surface area contributed by atoms with E-state index in [4.69, 9.17) is 4.74 Å². The predicted molar refractivity (Wildman–Crippen MR) is 88.9 cm³/mol. The third kappa shape index (κ3) is 3.12. The zero-order valence-electron chi connectivity index (χ0n) is 13.7. The van der Waals surface area contributed by atoms with Gasteiger partial charge >= 0.3 is 0 Å². The van der Waals surface area contributed by atoms with Crippen molar-refractivity contribution in [2.75, 3.05) is 7.11 Å². The summed E-state index contributed by atoms with van der Waals surface area (Å²) < 4.78 is 30.9. The van der Waals surface area contributed by atoms with Crippen molar-refractivity contribution in [3.05, 3.63) is 42.1 Å². The normalized spacial score (nSPS) is 15.7. The van der Waals surface area contributed by atoms with Crippen LogP contribution in [-0.2, 0) is 25.1 Å². The van der Waals surface area contributed by atoms with Gasteiger partial charge in [-0.05, 0) is 31.5 Å². The second kappa shape index (κ2) is 6.84. The van der Waals surface area contributed by atoms with E-state index in [9.17, 15) is 18.4 Å². The van der Waals surface area contributed by atoms with Gasteiger partial charge in [-0.3, -0.25) is 15.0 Å². The number of fused-ring (bicyclic) bond motifs is 1. The molecule has 0 unspecified atom stereocenters. The van der Waals surface area contributed by atoms with Gasteiger partial charge in [0, 0.05) is 18.7 Å². The predicted octanol–water partition coefficient (Wildman–Crippen LogP) is 1.75. The molecule has 8 heteroatoms. The average Bonchev–Trinajstić information content (AvgIpc) is 2.58. The monoisotopic (exact) mass is 352 g/mol. The van der Waals surface area contributed by atoms with Gasteiger partial charge in [-0.2, -0.15) is 0 Å². The SMILES string of the molecule is CO[C@H](C)[C@@](C)(N(O)C=O)S(=O)(=O)Cc1cnc2ccccc2c1. The first-order chi connectivity index (χ1) is 11.3. The minimum Gasteiger partial charge on any atom is -0.378 e. The first-order valence-electron chi connectivity index (χ1n) is 7.28. The van der Waals surface area contributed by atoms with Crippen molar-refractivity contribution in [3.8, 4) is 0 Å². The Labute approximate surface area is 140 Å². The number of hydrogen-bond donors (Lipinski definition) is 1. The maximum atomic E-state index is 12.9. The fourth-order valence-electron chi connectivity index (χ4n) is 2.47. The number of rotatable bonds is 7. The Bertz CT molecular complexity index is 839. The van der Waals surface area contributed by atoms with Crippen molar-refractivity contribution >= 4 is 27.2 Å². The summed E-state index contributed by atoms with van der Waals surface area (Å²) >= 11 is 0. The van der Waals surface area contributed by atoms with E-state index in [-0.39, 0.29) is 17.2 Å². The molecular weight excluding hydrogens is 332 g/mol. The maximum absolute atomic E-state index is 12.9. The van der Waals surface area contributed by atoms with Crippen molar-refractivity contribution < 1.29 is 23.2 Å². The van der Waals surface area contributed by atoms with Gasteiger partial charge in [0.25, 0.3) is 0 Å². The summed E-state index contributed by atoms with van der Waals surface area (Å²) in [5, 5.41) is 10.8. The summed E-state index contributed by atoms with van der Waals surface area (Å²) in [5.41, 5.74) is 1.21. The molecule has 0 radical (unpaired) electrons. The summed E-state index contributed by atoms with van der Waals surface area (Å²) in [5.74, 6) is -0.389. The van der Waals surface area contributed by atoms with Crippen molar-refractivity contribution in [3.63, 3.8) is 0 Å². The molecule has 1 aromatic carbocycles. The average molecular weight is 352 g/mol. The fourth-order valence-corrected chi connectivity index (χ4v) is 4.28. The maximum Gasteiger partial charge on any atom is 0.234 e. The van der Waals surface area contributed by atoms with Crippen LogP contribution in [-0.4, -0.2) is 48.2 Å². The number of methoxy groups -OCH3 is 1. The zero-order chi connectivity index (χ0) is 18.0. The third-order valence-electron chi connectivity index (χ3n) is 4.30. The van der Waals surface area contributed by atoms with E-state index in [2.05, 4.69) is 4.98 Å². The van der Waals surface area contributed by atoms with Crippen molar-refractivity contribution in [2.24, 2.45) is 0 Å². The molecule has 0 saturated heterocycles. The summed E-state index contributed by atoms with van der Waals surface area (Å²) in [4.78, 5) is 13.3. The van der Waals surface area contributed by atoms with Crippen LogP contribution in [0.25, 0.3) is 10.9 Å². The number of sulfone groups is 1. The Morgan fingerprint density at radius 1 is 1.42 bits per heavy atom. The molecular formula is C16H20N2O5S. The minimum atomic E-state index is -3.99. The molecule has 0 spiro atoms. The number of hydrogen-bond acceptors (Lipinski definition) is 6. The Morgan fingerprint density at radius 2 is 2.08 bits per heavy atom. The lowest BCUT2D eigenvalue weighted by atomic mass is 10.2. The topological polar surface area (TPSA) is 96.8 Å². The number of pyridine rings is 1. The van der Waals surface area contributed by atoms with Crippen LogP contribution >= 0.6 is 0 Å². The Hall–Kier alpha value is -2.03. The van der Waals surface area contributed by atoms with Gasteiger partial charge in [-0.15, -0.1) is 0 Å². The smallest absolute Gasteiger partial charge is 0.234 e. The standard InChI is InChI=1S/C16H20N2O5S/c1-12(23-3)16(2,18(20)11-19)24(21,22)10-13-8-14-6-4-5-7-15(14)17-9-13/h4-9,11-12,20H,10H2,1-3H3/t12-,16+/m1/s1. The van der Waals surface area contributed by atoms with E-state index in [1.165, 1.54) is 27.2 Å². The van der Waals surface area contributed by atoms with Crippen LogP contribution in [0.2, 0.25) is 0 Å². The van der Waals surface area contributed by atoms with Gasteiger partial charge in [0.2, 0.25) is 6.41 Å². The molecule has 0 aliphatic rings. The molecule has 0 aliphatic heterocycles. The van der Waals surface area contributed by atoms with Crippen LogP contribution in [0.4, 0.5) is 0 Å². The number of ether oxygens (including phenoxy) is 1. The highest BCUT2D eigenvalue weighted by Gasteiger charge is 2.49. The van der Waals surface area contributed by atoms with E-state index < -0.39 is 20.8 Å². The molecule has 1 aromatic heterocycles. The van der Waals surface area contributed by atoms with Crippen LogP contribution < -0.4 is 0 Å². The summed E-state index contributed by atoms with van der Waals surface area (Å²) in [6.07, 6.45) is 0.595. The van der Waals surface area contributed by atoms with Crippen LogP contribution in [0.15, 0.2) is 36.5 Å². The van der Waals surface area contributed by atoms with Crippen LogP contribution in [0.3, 0.4) is 0 Å². The van der Waals surface area contributed by atoms with Gasteiger partial charge in [-0.1, -0.05) is 18.2 Å². The molecule has 1 N–H and O–H groups in total. The number of carbonyl (C=O) groups is 1. The fraction of sp³-hybridized carbons (Fsp3) is 0.375. The molecule has 130 valence electrons. The molecule has 2 rings (SSSR count). The lowest BCUT2D eigenvalue weighted by Crippen LogP contribution is -2.58.